The van der Waals surface area contributed by atoms with Crippen molar-refractivity contribution in [3.8, 4) is 0 Å². The summed E-state index contributed by atoms with van der Waals surface area (Å²) in [6, 6.07) is 18.9. The van der Waals surface area contributed by atoms with Crippen molar-refractivity contribution in [1.29, 1.82) is 0 Å². The molecule has 20 heavy (non-hydrogen) atoms. The first-order valence-electron chi connectivity index (χ1n) is 7.17. The highest BCUT2D eigenvalue weighted by molar-refractivity contribution is 7.99. The van der Waals surface area contributed by atoms with E-state index >= 15 is 0 Å². The van der Waals surface area contributed by atoms with Crippen LogP contribution in [0.25, 0.3) is 0 Å². The maximum absolute atomic E-state index is 10.4. The first-order chi connectivity index (χ1) is 9.75. The number of benzene rings is 2. The molecule has 1 saturated carbocycles. The van der Waals surface area contributed by atoms with Gasteiger partial charge in [0.25, 0.3) is 0 Å². The SMILES string of the molecule is Cc1ccccc1SCC(O)C1CC1c1ccccc1. The maximum Gasteiger partial charge on any atom is 0.0668 e. The van der Waals surface area contributed by atoms with Gasteiger partial charge in [0.1, 0.15) is 0 Å². The summed E-state index contributed by atoms with van der Waals surface area (Å²) < 4.78 is 0. The molecule has 0 heterocycles. The van der Waals surface area contributed by atoms with Gasteiger partial charge in [-0.1, -0.05) is 48.5 Å². The first-order valence-corrected chi connectivity index (χ1v) is 8.15. The van der Waals surface area contributed by atoms with Gasteiger partial charge in [-0.2, -0.15) is 0 Å². The molecular weight excluding hydrogens is 264 g/mol. The van der Waals surface area contributed by atoms with Gasteiger partial charge >= 0.3 is 0 Å². The number of aryl methyl sites for hydroxylation is 1. The normalized spacial score (nSPS) is 22.5. The summed E-state index contributed by atoms with van der Waals surface area (Å²) >= 11 is 1.77. The Morgan fingerprint density at radius 1 is 1.10 bits per heavy atom. The second-order valence-corrected chi connectivity index (χ2v) is 6.62. The summed E-state index contributed by atoms with van der Waals surface area (Å²) in [5, 5.41) is 10.4. The Morgan fingerprint density at radius 2 is 1.80 bits per heavy atom. The minimum Gasteiger partial charge on any atom is -0.392 e. The van der Waals surface area contributed by atoms with Gasteiger partial charge in [0, 0.05) is 10.6 Å². The average molecular weight is 284 g/mol. The Morgan fingerprint density at radius 3 is 2.55 bits per heavy atom. The zero-order chi connectivity index (χ0) is 13.9. The van der Waals surface area contributed by atoms with E-state index in [1.165, 1.54) is 16.0 Å². The third-order valence-corrected chi connectivity index (χ3v) is 5.34. The molecule has 0 spiro atoms. The summed E-state index contributed by atoms with van der Waals surface area (Å²) in [6.07, 6.45) is 0.921. The summed E-state index contributed by atoms with van der Waals surface area (Å²) in [5.41, 5.74) is 2.66. The molecule has 2 aromatic carbocycles. The Kier molecular flexibility index (Phi) is 4.13. The molecule has 0 aromatic heterocycles. The monoisotopic (exact) mass is 284 g/mol. The van der Waals surface area contributed by atoms with Crippen LogP contribution in [-0.4, -0.2) is 17.0 Å². The molecular formula is C18H20OS. The standard InChI is InChI=1S/C18H20OS/c1-13-7-5-6-10-18(13)20-12-17(19)16-11-15(16)14-8-3-2-4-9-14/h2-10,15-17,19H,11-12H2,1H3. The van der Waals surface area contributed by atoms with E-state index in [1.54, 1.807) is 11.8 Å². The minimum atomic E-state index is -0.204. The van der Waals surface area contributed by atoms with Gasteiger partial charge in [-0.25, -0.2) is 0 Å². The van der Waals surface area contributed by atoms with Gasteiger partial charge in [-0.15, -0.1) is 11.8 Å². The van der Waals surface area contributed by atoms with E-state index in [0.29, 0.717) is 11.8 Å². The van der Waals surface area contributed by atoms with Crippen molar-refractivity contribution in [1.82, 2.24) is 0 Å². The number of thioether (sulfide) groups is 1. The second kappa shape index (κ2) is 6.02. The van der Waals surface area contributed by atoms with Gasteiger partial charge in [0.05, 0.1) is 6.10 Å². The van der Waals surface area contributed by atoms with Crippen LogP contribution >= 0.6 is 11.8 Å². The highest BCUT2D eigenvalue weighted by Crippen LogP contribution is 2.50. The average Bonchev–Trinajstić information content (AvgIpc) is 3.28. The topological polar surface area (TPSA) is 20.2 Å². The molecule has 0 aliphatic heterocycles. The van der Waals surface area contributed by atoms with E-state index in [0.717, 1.165) is 12.2 Å². The van der Waals surface area contributed by atoms with Gasteiger partial charge < -0.3 is 5.11 Å². The van der Waals surface area contributed by atoms with Gasteiger partial charge in [0.15, 0.2) is 0 Å². The molecule has 0 saturated heterocycles. The minimum absolute atomic E-state index is 0.204. The summed E-state index contributed by atoms with van der Waals surface area (Å²) in [7, 11) is 0. The third kappa shape index (κ3) is 3.08. The molecule has 1 aliphatic carbocycles. The molecule has 1 fully saturated rings. The number of aliphatic hydroxyl groups excluding tert-OH is 1. The highest BCUT2D eigenvalue weighted by Gasteiger charge is 2.42. The largest absolute Gasteiger partial charge is 0.392 e. The van der Waals surface area contributed by atoms with Gasteiger partial charge in [0.2, 0.25) is 0 Å². The molecule has 104 valence electrons. The van der Waals surface area contributed by atoms with Crippen LogP contribution in [0.3, 0.4) is 0 Å². The zero-order valence-electron chi connectivity index (χ0n) is 11.7. The molecule has 1 N–H and O–H groups in total. The summed E-state index contributed by atoms with van der Waals surface area (Å²) in [5.74, 6) is 1.79. The predicted molar refractivity (Wildman–Crippen MR) is 85.2 cm³/mol. The van der Waals surface area contributed by atoms with Crippen molar-refractivity contribution >= 4 is 11.8 Å². The number of hydrogen-bond donors (Lipinski definition) is 1. The maximum atomic E-state index is 10.4. The molecule has 0 radical (unpaired) electrons. The third-order valence-electron chi connectivity index (χ3n) is 4.06. The van der Waals surface area contributed by atoms with Crippen LogP contribution in [0.2, 0.25) is 0 Å². The lowest BCUT2D eigenvalue weighted by atomic mass is 10.1. The van der Waals surface area contributed by atoms with Crippen LogP contribution in [0.4, 0.5) is 0 Å². The van der Waals surface area contributed by atoms with Crippen molar-refractivity contribution in [2.24, 2.45) is 5.92 Å². The molecule has 3 unspecified atom stereocenters. The van der Waals surface area contributed by atoms with E-state index in [9.17, 15) is 5.11 Å². The fourth-order valence-corrected chi connectivity index (χ4v) is 3.81. The highest BCUT2D eigenvalue weighted by atomic mass is 32.2. The predicted octanol–water partition coefficient (Wildman–Crippen LogP) is 4.25. The molecule has 0 amide bonds. The van der Waals surface area contributed by atoms with Gasteiger partial charge in [-0.3, -0.25) is 0 Å². The molecule has 1 nitrogen and oxygen atoms in total. The lowest BCUT2D eigenvalue weighted by molar-refractivity contribution is 0.173. The quantitative estimate of drug-likeness (QED) is 0.828. The molecule has 2 heteroatoms. The van der Waals surface area contributed by atoms with Crippen LogP contribution < -0.4 is 0 Å². The van der Waals surface area contributed by atoms with Crippen molar-refractivity contribution in [3.63, 3.8) is 0 Å². The lowest BCUT2D eigenvalue weighted by Gasteiger charge is -2.11. The van der Waals surface area contributed by atoms with E-state index in [-0.39, 0.29) is 6.10 Å². The van der Waals surface area contributed by atoms with Gasteiger partial charge in [-0.05, 0) is 42.4 Å². The van der Waals surface area contributed by atoms with Crippen LogP contribution in [0.5, 0.6) is 0 Å². The van der Waals surface area contributed by atoms with Crippen LogP contribution in [0, 0.1) is 12.8 Å². The van der Waals surface area contributed by atoms with Crippen molar-refractivity contribution < 1.29 is 5.11 Å². The molecule has 1 aliphatic rings. The number of aliphatic hydroxyl groups is 1. The Bertz CT molecular complexity index is 567. The van der Waals surface area contributed by atoms with E-state index in [2.05, 4.69) is 55.5 Å². The van der Waals surface area contributed by atoms with E-state index in [1.807, 2.05) is 6.07 Å². The Hall–Kier alpha value is -1.25. The fourth-order valence-electron chi connectivity index (χ4n) is 2.74. The zero-order valence-corrected chi connectivity index (χ0v) is 12.5. The molecule has 2 aromatic rings. The molecule has 3 rings (SSSR count). The smallest absolute Gasteiger partial charge is 0.0668 e. The van der Waals surface area contributed by atoms with Crippen molar-refractivity contribution in [2.75, 3.05) is 5.75 Å². The number of rotatable bonds is 5. The summed E-state index contributed by atoms with van der Waals surface area (Å²) in [6.45, 7) is 2.12. The molecule has 0 bridgehead atoms. The van der Waals surface area contributed by atoms with Crippen LogP contribution in [0.15, 0.2) is 59.5 Å². The van der Waals surface area contributed by atoms with Crippen molar-refractivity contribution in [3.05, 3.63) is 65.7 Å². The van der Waals surface area contributed by atoms with E-state index < -0.39 is 0 Å². The molecule has 3 atom stereocenters. The Balaban J connectivity index is 1.54. The van der Waals surface area contributed by atoms with Crippen molar-refractivity contribution in [2.45, 2.75) is 30.3 Å². The van der Waals surface area contributed by atoms with E-state index in [4.69, 9.17) is 0 Å². The number of hydrogen-bond acceptors (Lipinski definition) is 2. The lowest BCUT2D eigenvalue weighted by Crippen LogP contribution is -2.13. The van der Waals surface area contributed by atoms with Crippen LogP contribution in [0.1, 0.15) is 23.5 Å². The fraction of sp³-hybridized carbons (Fsp3) is 0.333. The van der Waals surface area contributed by atoms with Crippen LogP contribution in [-0.2, 0) is 0 Å². The first kappa shape index (κ1) is 13.7. The summed E-state index contributed by atoms with van der Waals surface area (Å²) in [4.78, 5) is 1.28. The second-order valence-electron chi connectivity index (χ2n) is 5.56. The Labute approximate surface area is 125 Å².